The Hall–Kier alpha value is -2.92. The molecule has 2 aliphatic rings. The van der Waals surface area contributed by atoms with Gasteiger partial charge in [-0.3, -0.25) is 9.59 Å². The number of ether oxygens (including phenoxy) is 2. The summed E-state index contributed by atoms with van der Waals surface area (Å²) in [6.45, 7) is 1.76. The lowest BCUT2D eigenvalue weighted by atomic mass is 9.67. The molecule has 0 radical (unpaired) electrons. The van der Waals surface area contributed by atoms with Crippen LogP contribution in [0.25, 0.3) is 0 Å². The predicted molar refractivity (Wildman–Crippen MR) is 129 cm³/mol. The number of nitrogens with two attached hydrogens (primary N) is 1. The van der Waals surface area contributed by atoms with E-state index in [0.717, 1.165) is 0 Å². The first-order chi connectivity index (χ1) is 16.5. The molecule has 186 valence electrons. The van der Waals surface area contributed by atoms with Gasteiger partial charge in [0.1, 0.15) is 25.1 Å². The van der Waals surface area contributed by atoms with E-state index in [1.807, 2.05) is 0 Å². The Labute approximate surface area is 203 Å². The summed E-state index contributed by atoms with van der Waals surface area (Å²) in [5.74, 6) is -1.36. The number of hydrogen-bond donors (Lipinski definition) is 5. The smallest absolute Gasteiger partial charge is 0.202 e. The second kappa shape index (κ2) is 9.27. The van der Waals surface area contributed by atoms with Crippen molar-refractivity contribution in [3.63, 3.8) is 0 Å². The van der Waals surface area contributed by atoms with Crippen molar-refractivity contribution in [2.24, 2.45) is 5.73 Å². The minimum Gasteiger partial charge on any atom is -0.507 e. The molecular weight excluding hydrogens is 453 g/mol. The van der Waals surface area contributed by atoms with E-state index >= 15 is 0 Å². The van der Waals surface area contributed by atoms with Crippen LogP contribution >= 0.6 is 0 Å². The summed E-state index contributed by atoms with van der Waals surface area (Å²) >= 11 is 0. The molecule has 0 spiro atoms. The van der Waals surface area contributed by atoms with E-state index in [4.69, 9.17) is 15.2 Å². The Morgan fingerprint density at radius 2 is 1.86 bits per heavy atom. The molecule has 6 N–H and O–H groups in total. The maximum Gasteiger partial charge on any atom is 0.202 e. The van der Waals surface area contributed by atoms with Gasteiger partial charge in [-0.05, 0) is 31.7 Å². The molecule has 0 saturated heterocycles. The Kier molecular flexibility index (Phi) is 6.67. The molecule has 0 aliphatic heterocycles. The van der Waals surface area contributed by atoms with E-state index in [-0.39, 0.29) is 58.8 Å². The number of carbonyl (C=O) groups is 2. The molecule has 2 aromatic rings. The van der Waals surface area contributed by atoms with Gasteiger partial charge in [-0.1, -0.05) is 19.1 Å². The summed E-state index contributed by atoms with van der Waals surface area (Å²) in [7, 11) is 3.01. The Morgan fingerprint density at radius 3 is 2.51 bits per heavy atom. The molecule has 35 heavy (non-hydrogen) atoms. The van der Waals surface area contributed by atoms with Crippen LogP contribution in [0.3, 0.4) is 0 Å². The zero-order valence-electron chi connectivity index (χ0n) is 20.0. The van der Waals surface area contributed by atoms with Gasteiger partial charge in [0.15, 0.2) is 12.1 Å². The number of benzene rings is 2. The van der Waals surface area contributed by atoms with Crippen molar-refractivity contribution in [1.82, 2.24) is 0 Å². The van der Waals surface area contributed by atoms with Crippen LogP contribution < -0.4 is 15.2 Å². The van der Waals surface area contributed by atoms with Gasteiger partial charge in [-0.25, -0.2) is 0 Å². The largest absolute Gasteiger partial charge is 0.507 e. The van der Waals surface area contributed by atoms with Crippen molar-refractivity contribution in [1.29, 1.82) is 0 Å². The molecule has 10 heteroatoms. The third-order valence-electron chi connectivity index (χ3n) is 6.92. The number of phenolic OH excluding ortho intramolecular Hbond substituents is 1. The van der Waals surface area contributed by atoms with Crippen LogP contribution in [-0.4, -0.2) is 70.9 Å². The molecule has 2 aliphatic carbocycles. The Morgan fingerprint density at radius 1 is 1.14 bits per heavy atom. The summed E-state index contributed by atoms with van der Waals surface area (Å²) in [5.41, 5.74) is 5.32. The van der Waals surface area contributed by atoms with Crippen molar-refractivity contribution in [3.05, 3.63) is 51.6 Å². The lowest BCUT2D eigenvalue weighted by Gasteiger charge is -2.35. The van der Waals surface area contributed by atoms with E-state index in [1.165, 1.54) is 13.2 Å². The SMILES string of the molecule is BC1(O)CCc2c(c(O)c3c(c2OC(O)CC(N)C(O)CC)C(=O)c2c(OC)cccc2C3=O)C1. The fourth-order valence-electron chi connectivity index (χ4n) is 4.96. The van der Waals surface area contributed by atoms with Gasteiger partial charge in [-0.2, -0.15) is 0 Å². The van der Waals surface area contributed by atoms with Gasteiger partial charge >= 0.3 is 0 Å². The molecule has 4 atom stereocenters. The molecule has 4 unspecified atom stereocenters. The average molecular weight is 483 g/mol. The van der Waals surface area contributed by atoms with E-state index in [9.17, 15) is 30.0 Å². The van der Waals surface area contributed by atoms with Crippen molar-refractivity contribution >= 4 is 19.4 Å². The Bertz CT molecular complexity index is 1190. The van der Waals surface area contributed by atoms with Gasteiger partial charge in [0.05, 0.1) is 29.9 Å². The second-order valence-electron chi connectivity index (χ2n) is 9.55. The first-order valence-electron chi connectivity index (χ1n) is 11.7. The molecular formula is C25H30BNO8. The number of aliphatic hydroxyl groups excluding tert-OH is 2. The number of ketones is 2. The van der Waals surface area contributed by atoms with Crippen molar-refractivity contribution in [2.75, 3.05) is 7.11 Å². The number of phenols is 1. The van der Waals surface area contributed by atoms with E-state index < -0.39 is 35.5 Å². The van der Waals surface area contributed by atoms with Gasteiger partial charge in [0, 0.05) is 34.7 Å². The summed E-state index contributed by atoms with van der Waals surface area (Å²) in [5, 5.41) is 42.5. The molecule has 0 fully saturated rings. The molecule has 9 nitrogen and oxygen atoms in total. The van der Waals surface area contributed by atoms with Crippen LogP contribution in [0.4, 0.5) is 0 Å². The van der Waals surface area contributed by atoms with Gasteiger partial charge in [0.25, 0.3) is 0 Å². The first-order valence-corrected chi connectivity index (χ1v) is 11.7. The fourth-order valence-corrected chi connectivity index (χ4v) is 4.96. The van der Waals surface area contributed by atoms with Crippen LogP contribution in [-0.2, 0) is 12.8 Å². The minimum atomic E-state index is -1.49. The van der Waals surface area contributed by atoms with Gasteiger partial charge in [-0.15, -0.1) is 0 Å². The molecule has 0 aromatic heterocycles. The van der Waals surface area contributed by atoms with Crippen molar-refractivity contribution in [2.45, 2.75) is 63.0 Å². The number of aliphatic hydroxyl groups is 3. The third kappa shape index (κ3) is 4.31. The average Bonchev–Trinajstić information content (AvgIpc) is 2.82. The number of carbonyl (C=O) groups excluding carboxylic acids is 2. The third-order valence-corrected chi connectivity index (χ3v) is 6.92. The number of rotatable bonds is 7. The second-order valence-corrected chi connectivity index (χ2v) is 9.55. The molecule has 0 saturated carbocycles. The normalized spacial score (nSPS) is 21.4. The highest BCUT2D eigenvalue weighted by molar-refractivity contribution is 6.31. The standard InChI is InChI=1S/C25H30BNO8/c1-3-15(28)14(27)9-17(29)35-24-11-7-8-25(26,33)10-13(11)22(31)19-20(24)23(32)18-12(21(19)30)5-4-6-16(18)34-2/h4-6,14-15,17,28-29,31,33H,3,7-10,26-27H2,1-2H3. The molecule has 4 rings (SSSR count). The highest BCUT2D eigenvalue weighted by Crippen LogP contribution is 2.48. The topological polar surface area (TPSA) is 160 Å². The molecule has 0 amide bonds. The monoisotopic (exact) mass is 483 g/mol. The highest BCUT2D eigenvalue weighted by atomic mass is 16.6. The van der Waals surface area contributed by atoms with E-state index in [2.05, 4.69) is 0 Å². The fraction of sp³-hybridized carbons (Fsp3) is 0.440. The molecule has 0 heterocycles. The maximum atomic E-state index is 13.8. The van der Waals surface area contributed by atoms with Crippen LogP contribution in [0, 0.1) is 0 Å². The van der Waals surface area contributed by atoms with Crippen molar-refractivity contribution in [3.8, 4) is 17.2 Å². The number of fused-ring (bicyclic) bond motifs is 3. The molecule has 2 aromatic carbocycles. The summed E-state index contributed by atoms with van der Waals surface area (Å²) < 4.78 is 11.2. The van der Waals surface area contributed by atoms with Gasteiger partial charge in [0.2, 0.25) is 5.78 Å². The zero-order chi connectivity index (χ0) is 25.7. The van der Waals surface area contributed by atoms with Crippen LogP contribution in [0.1, 0.15) is 69.2 Å². The minimum absolute atomic E-state index is 0.0242. The highest BCUT2D eigenvalue weighted by Gasteiger charge is 2.42. The molecule has 0 bridgehead atoms. The summed E-state index contributed by atoms with van der Waals surface area (Å²) in [6.07, 6.45) is -1.49. The summed E-state index contributed by atoms with van der Waals surface area (Å²) in [6, 6.07) is 3.84. The van der Waals surface area contributed by atoms with Crippen LogP contribution in [0.2, 0.25) is 0 Å². The van der Waals surface area contributed by atoms with Crippen LogP contribution in [0.5, 0.6) is 17.2 Å². The number of hydrogen-bond acceptors (Lipinski definition) is 9. The first kappa shape index (κ1) is 25.2. The number of methoxy groups -OCH3 is 1. The quantitative estimate of drug-likeness (QED) is 0.233. The van der Waals surface area contributed by atoms with Crippen molar-refractivity contribution < 1.29 is 39.5 Å². The maximum absolute atomic E-state index is 13.8. The Balaban J connectivity index is 1.91. The van der Waals surface area contributed by atoms with E-state index in [1.54, 1.807) is 26.9 Å². The van der Waals surface area contributed by atoms with Gasteiger partial charge < -0.3 is 35.6 Å². The summed E-state index contributed by atoms with van der Waals surface area (Å²) in [4.78, 5) is 27.3. The van der Waals surface area contributed by atoms with Crippen LogP contribution in [0.15, 0.2) is 18.2 Å². The number of aromatic hydroxyl groups is 1. The predicted octanol–water partition coefficient (Wildman–Crippen LogP) is 0.172. The zero-order valence-corrected chi connectivity index (χ0v) is 20.0. The lowest BCUT2D eigenvalue weighted by Crippen LogP contribution is -2.40. The lowest BCUT2D eigenvalue weighted by molar-refractivity contribution is -0.0390. The van der Waals surface area contributed by atoms with E-state index in [0.29, 0.717) is 24.0 Å².